The molecule has 4 rings (SSSR count). The minimum Gasteiger partial charge on any atom is -0.493 e. The molecule has 0 unspecified atom stereocenters. The minimum absolute atomic E-state index is 0.0387. The average molecular weight is 415 g/mol. The summed E-state index contributed by atoms with van der Waals surface area (Å²) in [7, 11) is 1.93. The van der Waals surface area contributed by atoms with Gasteiger partial charge in [-0.05, 0) is 42.1 Å². The summed E-state index contributed by atoms with van der Waals surface area (Å²) < 4.78 is 13.5. The van der Waals surface area contributed by atoms with E-state index in [-0.39, 0.29) is 5.91 Å². The number of carbonyl (C=O) groups excluding carboxylic acids is 1. The summed E-state index contributed by atoms with van der Waals surface area (Å²) in [5, 5.41) is 5.14. The molecule has 1 N–H and O–H groups in total. The van der Waals surface area contributed by atoms with Crippen LogP contribution in [0.4, 0.5) is 5.69 Å². The number of fused-ring (bicyclic) bond motifs is 1. The third kappa shape index (κ3) is 5.42. The van der Waals surface area contributed by atoms with E-state index in [4.69, 9.17) is 9.47 Å². The highest BCUT2D eigenvalue weighted by Crippen LogP contribution is 2.25. The average Bonchev–Trinajstić information content (AvgIpc) is 3.21. The number of carbonyl (C=O) groups is 1. The van der Waals surface area contributed by atoms with Crippen LogP contribution in [-0.4, -0.2) is 22.1 Å². The summed E-state index contributed by atoms with van der Waals surface area (Å²) in [6.45, 7) is 0.882. The van der Waals surface area contributed by atoms with Gasteiger partial charge in [0, 0.05) is 36.9 Å². The van der Waals surface area contributed by atoms with Crippen molar-refractivity contribution in [2.45, 2.75) is 19.4 Å². The van der Waals surface area contributed by atoms with Crippen LogP contribution in [0.5, 0.6) is 11.5 Å². The van der Waals surface area contributed by atoms with E-state index in [1.54, 1.807) is 6.20 Å². The zero-order chi connectivity index (χ0) is 21.5. The summed E-state index contributed by atoms with van der Waals surface area (Å²) in [6, 6.07) is 21.4. The SMILES string of the molecule is Cn1ccnc1COc1ccc(NC(=O)CCCOc2cccc3ccccc23)cc1. The van der Waals surface area contributed by atoms with E-state index in [1.165, 1.54) is 0 Å². The van der Waals surface area contributed by atoms with Crippen molar-refractivity contribution in [2.75, 3.05) is 11.9 Å². The van der Waals surface area contributed by atoms with Crippen LogP contribution in [0.3, 0.4) is 0 Å². The lowest BCUT2D eigenvalue weighted by Gasteiger charge is -2.10. The van der Waals surface area contributed by atoms with E-state index in [0.717, 1.165) is 33.8 Å². The molecule has 4 aromatic rings. The number of rotatable bonds is 9. The zero-order valence-corrected chi connectivity index (χ0v) is 17.5. The maximum Gasteiger partial charge on any atom is 0.224 e. The lowest BCUT2D eigenvalue weighted by Crippen LogP contribution is -2.12. The summed E-state index contributed by atoms with van der Waals surface area (Å²) in [5.41, 5.74) is 0.740. The van der Waals surface area contributed by atoms with Gasteiger partial charge in [-0.25, -0.2) is 4.98 Å². The third-order valence-electron chi connectivity index (χ3n) is 4.98. The molecule has 6 nitrogen and oxygen atoms in total. The Balaban J connectivity index is 1.20. The molecular weight excluding hydrogens is 390 g/mol. The van der Waals surface area contributed by atoms with E-state index >= 15 is 0 Å². The van der Waals surface area contributed by atoms with Gasteiger partial charge in [0.05, 0.1) is 6.61 Å². The molecule has 0 aliphatic carbocycles. The van der Waals surface area contributed by atoms with Crippen LogP contribution in [0.15, 0.2) is 79.1 Å². The van der Waals surface area contributed by atoms with Gasteiger partial charge in [0.1, 0.15) is 23.9 Å². The second-order valence-electron chi connectivity index (χ2n) is 7.24. The van der Waals surface area contributed by atoms with Crippen molar-refractivity contribution in [2.24, 2.45) is 7.05 Å². The molecule has 3 aromatic carbocycles. The molecule has 1 heterocycles. The number of benzene rings is 3. The van der Waals surface area contributed by atoms with Crippen LogP contribution in [0.25, 0.3) is 10.8 Å². The van der Waals surface area contributed by atoms with Gasteiger partial charge < -0.3 is 19.4 Å². The Morgan fingerprint density at radius 2 is 1.81 bits per heavy atom. The minimum atomic E-state index is -0.0387. The monoisotopic (exact) mass is 415 g/mol. The van der Waals surface area contributed by atoms with Crippen molar-refractivity contribution in [3.8, 4) is 11.5 Å². The number of hydrogen-bond donors (Lipinski definition) is 1. The highest BCUT2D eigenvalue weighted by atomic mass is 16.5. The molecule has 0 spiro atoms. The molecule has 0 saturated carbocycles. The maximum atomic E-state index is 12.2. The van der Waals surface area contributed by atoms with Gasteiger partial charge in [0.2, 0.25) is 5.91 Å². The van der Waals surface area contributed by atoms with Crippen molar-refractivity contribution in [3.05, 3.63) is 84.9 Å². The van der Waals surface area contributed by atoms with Crippen molar-refractivity contribution in [1.29, 1.82) is 0 Å². The van der Waals surface area contributed by atoms with E-state index in [0.29, 0.717) is 26.1 Å². The highest BCUT2D eigenvalue weighted by Gasteiger charge is 2.06. The van der Waals surface area contributed by atoms with Crippen molar-refractivity contribution < 1.29 is 14.3 Å². The number of nitrogens with one attached hydrogen (secondary N) is 1. The maximum absolute atomic E-state index is 12.2. The van der Waals surface area contributed by atoms with Crippen LogP contribution in [0, 0.1) is 0 Å². The molecule has 0 fully saturated rings. The second-order valence-corrected chi connectivity index (χ2v) is 7.24. The first kappa shape index (κ1) is 20.5. The molecule has 0 saturated heterocycles. The van der Waals surface area contributed by atoms with E-state index in [9.17, 15) is 4.79 Å². The Kier molecular flexibility index (Phi) is 6.47. The van der Waals surface area contributed by atoms with Crippen LogP contribution in [-0.2, 0) is 18.4 Å². The zero-order valence-electron chi connectivity index (χ0n) is 17.5. The molecule has 0 bridgehead atoms. The molecule has 158 valence electrons. The van der Waals surface area contributed by atoms with Gasteiger partial charge in [-0.3, -0.25) is 4.79 Å². The van der Waals surface area contributed by atoms with Crippen LogP contribution in [0.2, 0.25) is 0 Å². The van der Waals surface area contributed by atoms with Crippen molar-refractivity contribution in [3.63, 3.8) is 0 Å². The predicted molar refractivity (Wildman–Crippen MR) is 121 cm³/mol. The topological polar surface area (TPSA) is 65.4 Å². The number of nitrogens with zero attached hydrogens (tertiary/aromatic N) is 2. The first-order valence-electron chi connectivity index (χ1n) is 10.3. The summed E-state index contributed by atoms with van der Waals surface area (Å²) in [4.78, 5) is 16.5. The molecule has 1 aromatic heterocycles. The number of imidazole rings is 1. The molecule has 1 amide bonds. The Labute approximate surface area is 181 Å². The number of hydrogen-bond acceptors (Lipinski definition) is 4. The summed E-state index contributed by atoms with van der Waals surface area (Å²) >= 11 is 0. The lowest BCUT2D eigenvalue weighted by atomic mass is 10.1. The summed E-state index contributed by atoms with van der Waals surface area (Å²) in [6.07, 6.45) is 4.65. The fourth-order valence-electron chi connectivity index (χ4n) is 3.28. The number of amides is 1. The largest absolute Gasteiger partial charge is 0.493 e. The molecule has 31 heavy (non-hydrogen) atoms. The summed E-state index contributed by atoms with van der Waals surface area (Å²) in [5.74, 6) is 2.38. The molecular formula is C25H25N3O3. The second kappa shape index (κ2) is 9.80. The van der Waals surface area contributed by atoms with Crippen LogP contribution < -0.4 is 14.8 Å². The van der Waals surface area contributed by atoms with E-state index in [2.05, 4.69) is 22.4 Å². The predicted octanol–water partition coefficient (Wildman–Crippen LogP) is 4.95. The Morgan fingerprint density at radius 3 is 2.61 bits per heavy atom. The van der Waals surface area contributed by atoms with Crippen molar-refractivity contribution in [1.82, 2.24) is 9.55 Å². The van der Waals surface area contributed by atoms with Gasteiger partial charge in [-0.15, -0.1) is 0 Å². The van der Waals surface area contributed by atoms with E-state index < -0.39 is 0 Å². The number of ether oxygens (including phenoxy) is 2. The molecule has 0 aliphatic rings. The fraction of sp³-hybridized carbons (Fsp3) is 0.200. The Hall–Kier alpha value is -3.80. The quantitative estimate of drug-likeness (QED) is 0.393. The Bertz CT molecular complexity index is 1150. The smallest absolute Gasteiger partial charge is 0.224 e. The number of anilines is 1. The third-order valence-corrected chi connectivity index (χ3v) is 4.98. The van der Waals surface area contributed by atoms with Crippen LogP contribution in [0.1, 0.15) is 18.7 Å². The normalized spacial score (nSPS) is 10.7. The van der Waals surface area contributed by atoms with Crippen molar-refractivity contribution >= 4 is 22.4 Å². The van der Waals surface area contributed by atoms with Crippen LogP contribution >= 0.6 is 0 Å². The first-order chi connectivity index (χ1) is 15.2. The van der Waals surface area contributed by atoms with Gasteiger partial charge in [-0.1, -0.05) is 36.4 Å². The standard InChI is InChI=1S/C25H25N3O3/c1-28-16-15-26-24(28)18-31-21-13-11-20(12-14-21)27-25(29)10-5-17-30-23-9-4-7-19-6-2-3-8-22(19)23/h2-4,6-9,11-16H,5,10,17-18H2,1H3,(H,27,29). The molecule has 0 aliphatic heterocycles. The fourth-order valence-corrected chi connectivity index (χ4v) is 3.28. The lowest BCUT2D eigenvalue weighted by molar-refractivity contribution is -0.116. The molecule has 0 radical (unpaired) electrons. The van der Waals surface area contributed by atoms with Gasteiger partial charge in [0.15, 0.2) is 0 Å². The van der Waals surface area contributed by atoms with Gasteiger partial charge >= 0.3 is 0 Å². The molecule has 6 heteroatoms. The highest BCUT2D eigenvalue weighted by molar-refractivity contribution is 5.90. The first-order valence-corrected chi connectivity index (χ1v) is 10.3. The Morgan fingerprint density at radius 1 is 1.00 bits per heavy atom. The number of aryl methyl sites for hydroxylation is 1. The van der Waals surface area contributed by atoms with Gasteiger partial charge in [-0.2, -0.15) is 0 Å². The van der Waals surface area contributed by atoms with Gasteiger partial charge in [0.25, 0.3) is 0 Å². The number of aromatic nitrogens is 2. The van der Waals surface area contributed by atoms with E-state index in [1.807, 2.05) is 72.4 Å². The molecule has 0 atom stereocenters.